The second kappa shape index (κ2) is 9.60. The third-order valence-electron chi connectivity index (χ3n) is 3.37. The van der Waals surface area contributed by atoms with E-state index in [2.05, 4.69) is 11.8 Å². The van der Waals surface area contributed by atoms with Crippen LogP contribution in [0.25, 0.3) is 0 Å². The van der Waals surface area contributed by atoms with Gasteiger partial charge in [-0.15, -0.1) is 0 Å². The SMILES string of the molecule is CCOc1ccc(N)cc1CN(CCOC)C(C)COC. The van der Waals surface area contributed by atoms with Crippen LogP contribution in [0.5, 0.6) is 5.75 Å². The van der Waals surface area contributed by atoms with Gasteiger partial charge in [0.2, 0.25) is 0 Å². The van der Waals surface area contributed by atoms with Crippen molar-refractivity contribution in [3.63, 3.8) is 0 Å². The van der Waals surface area contributed by atoms with Crippen LogP contribution in [0.3, 0.4) is 0 Å². The Hall–Kier alpha value is -1.30. The second-order valence-corrected chi connectivity index (χ2v) is 5.07. The van der Waals surface area contributed by atoms with E-state index >= 15 is 0 Å². The van der Waals surface area contributed by atoms with Crippen LogP contribution in [-0.2, 0) is 16.0 Å². The molecule has 0 saturated carbocycles. The number of methoxy groups -OCH3 is 2. The molecule has 0 aliphatic carbocycles. The minimum atomic E-state index is 0.293. The zero-order chi connectivity index (χ0) is 15.7. The normalized spacial score (nSPS) is 12.6. The third kappa shape index (κ3) is 5.91. The lowest BCUT2D eigenvalue weighted by molar-refractivity contribution is 0.0699. The van der Waals surface area contributed by atoms with Gasteiger partial charge in [0.05, 0.1) is 19.8 Å². The van der Waals surface area contributed by atoms with Crippen LogP contribution in [-0.4, -0.2) is 51.5 Å². The molecule has 0 heterocycles. The predicted octanol–water partition coefficient (Wildman–Crippen LogP) is 2.15. The van der Waals surface area contributed by atoms with Crippen LogP contribution in [0, 0.1) is 0 Å². The number of anilines is 1. The molecule has 0 aliphatic rings. The molecule has 1 rings (SSSR count). The lowest BCUT2D eigenvalue weighted by Gasteiger charge is -2.29. The number of rotatable bonds is 10. The molecule has 0 spiro atoms. The van der Waals surface area contributed by atoms with Crippen molar-refractivity contribution in [3.8, 4) is 5.75 Å². The first-order valence-corrected chi connectivity index (χ1v) is 7.35. The molecule has 1 atom stereocenters. The average molecular weight is 296 g/mol. The maximum Gasteiger partial charge on any atom is 0.123 e. The van der Waals surface area contributed by atoms with Crippen LogP contribution in [0.1, 0.15) is 19.4 Å². The fraction of sp³-hybridized carbons (Fsp3) is 0.625. The smallest absolute Gasteiger partial charge is 0.123 e. The van der Waals surface area contributed by atoms with Gasteiger partial charge in [0.25, 0.3) is 0 Å². The molecule has 0 bridgehead atoms. The van der Waals surface area contributed by atoms with E-state index in [1.807, 2.05) is 25.1 Å². The Morgan fingerprint density at radius 1 is 1.24 bits per heavy atom. The minimum Gasteiger partial charge on any atom is -0.494 e. The fourth-order valence-corrected chi connectivity index (χ4v) is 2.25. The van der Waals surface area contributed by atoms with Gasteiger partial charge in [-0.05, 0) is 32.0 Å². The van der Waals surface area contributed by atoms with Gasteiger partial charge >= 0.3 is 0 Å². The average Bonchev–Trinajstić information content (AvgIpc) is 2.46. The summed E-state index contributed by atoms with van der Waals surface area (Å²) < 4.78 is 16.2. The number of nitrogens with zero attached hydrogens (tertiary/aromatic N) is 1. The van der Waals surface area contributed by atoms with Crippen molar-refractivity contribution in [3.05, 3.63) is 23.8 Å². The van der Waals surface area contributed by atoms with Crippen molar-refractivity contribution < 1.29 is 14.2 Å². The molecule has 0 fully saturated rings. The van der Waals surface area contributed by atoms with E-state index in [9.17, 15) is 0 Å². The first kappa shape index (κ1) is 17.8. The highest BCUT2D eigenvalue weighted by atomic mass is 16.5. The van der Waals surface area contributed by atoms with E-state index in [-0.39, 0.29) is 0 Å². The molecule has 21 heavy (non-hydrogen) atoms. The van der Waals surface area contributed by atoms with E-state index < -0.39 is 0 Å². The third-order valence-corrected chi connectivity index (χ3v) is 3.37. The highest BCUT2D eigenvalue weighted by Crippen LogP contribution is 2.24. The Kier molecular flexibility index (Phi) is 8.12. The fourth-order valence-electron chi connectivity index (χ4n) is 2.25. The molecule has 1 aromatic rings. The summed E-state index contributed by atoms with van der Waals surface area (Å²) >= 11 is 0. The van der Waals surface area contributed by atoms with Crippen molar-refractivity contribution in [2.45, 2.75) is 26.4 Å². The Labute approximate surface area is 128 Å². The van der Waals surface area contributed by atoms with E-state index in [1.165, 1.54) is 0 Å². The van der Waals surface area contributed by atoms with Crippen LogP contribution in [0.4, 0.5) is 5.69 Å². The van der Waals surface area contributed by atoms with E-state index in [0.717, 1.165) is 30.1 Å². The van der Waals surface area contributed by atoms with Gasteiger partial charge in [-0.2, -0.15) is 0 Å². The molecule has 0 saturated heterocycles. The first-order valence-electron chi connectivity index (χ1n) is 7.35. The molecule has 0 aliphatic heterocycles. The molecule has 5 heteroatoms. The Bertz CT molecular complexity index is 413. The summed E-state index contributed by atoms with van der Waals surface area (Å²) in [6.07, 6.45) is 0. The number of hydrogen-bond acceptors (Lipinski definition) is 5. The van der Waals surface area contributed by atoms with Crippen molar-refractivity contribution in [2.75, 3.05) is 46.3 Å². The zero-order valence-electron chi connectivity index (χ0n) is 13.6. The number of ether oxygens (including phenoxy) is 3. The van der Waals surface area contributed by atoms with Crippen molar-refractivity contribution in [1.29, 1.82) is 0 Å². The van der Waals surface area contributed by atoms with Gasteiger partial charge in [-0.1, -0.05) is 0 Å². The summed E-state index contributed by atoms with van der Waals surface area (Å²) in [7, 11) is 3.43. The Balaban J connectivity index is 2.87. The topological polar surface area (TPSA) is 57.0 Å². The lowest BCUT2D eigenvalue weighted by atomic mass is 10.1. The molecule has 1 unspecified atom stereocenters. The van der Waals surface area contributed by atoms with Gasteiger partial charge in [0.1, 0.15) is 5.75 Å². The van der Waals surface area contributed by atoms with Crippen LogP contribution in [0.15, 0.2) is 18.2 Å². The van der Waals surface area contributed by atoms with Crippen molar-refractivity contribution in [2.24, 2.45) is 0 Å². The van der Waals surface area contributed by atoms with Crippen LogP contribution in [0.2, 0.25) is 0 Å². The predicted molar refractivity (Wildman–Crippen MR) is 85.6 cm³/mol. The first-order chi connectivity index (χ1) is 10.1. The second-order valence-electron chi connectivity index (χ2n) is 5.07. The number of hydrogen-bond donors (Lipinski definition) is 1. The molecule has 1 aromatic carbocycles. The highest BCUT2D eigenvalue weighted by molar-refractivity contribution is 5.47. The summed E-state index contributed by atoms with van der Waals surface area (Å²) in [5, 5.41) is 0. The molecular weight excluding hydrogens is 268 g/mol. The molecule has 5 nitrogen and oxygen atoms in total. The minimum absolute atomic E-state index is 0.293. The highest BCUT2D eigenvalue weighted by Gasteiger charge is 2.16. The van der Waals surface area contributed by atoms with Gasteiger partial charge < -0.3 is 19.9 Å². The summed E-state index contributed by atoms with van der Waals surface area (Å²) in [6.45, 7) is 7.72. The van der Waals surface area contributed by atoms with Crippen LogP contribution < -0.4 is 10.5 Å². The Morgan fingerprint density at radius 3 is 2.62 bits per heavy atom. The van der Waals surface area contributed by atoms with E-state index in [4.69, 9.17) is 19.9 Å². The Morgan fingerprint density at radius 2 is 2.00 bits per heavy atom. The molecule has 0 amide bonds. The lowest BCUT2D eigenvalue weighted by Crippen LogP contribution is -2.38. The molecule has 0 radical (unpaired) electrons. The van der Waals surface area contributed by atoms with E-state index in [0.29, 0.717) is 25.9 Å². The molecule has 0 aromatic heterocycles. The molecular formula is C16H28N2O3. The summed E-state index contributed by atoms with van der Waals surface area (Å²) in [4.78, 5) is 2.31. The monoisotopic (exact) mass is 296 g/mol. The van der Waals surface area contributed by atoms with Crippen LogP contribution >= 0.6 is 0 Å². The van der Waals surface area contributed by atoms with Gasteiger partial charge in [-0.3, -0.25) is 4.90 Å². The summed E-state index contributed by atoms with van der Waals surface area (Å²) in [5.41, 5.74) is 7.75. The largest absolute Gasteiger partial charge is 0.494 e. The van der Waals surface area contributed by atoms with Crippen molar-refractivity contribution in [1.82, 2.24) is 4.90 Å². The van der Waals surface area contributed by atoms with Gasteiger partial charge in [0, 0.05) is 44.6 Å². The maximum absolute atomic E-state index is 5.91. The number of nitrogen functional groups attached to an aromatic ring is 1. The quantitative estimate of drug-likeness (QED) is 0.670. The van der Waals surface area contributed by atoms with Crippen molar-refractivity contribution >= 4 is 5.69 Å². The zero-order valence-corrected chi connectivity index (χ0v) is 13.6. The summed E-state index contributed by atoms with van der Waals surface area (Å²) in [6, 6.07) is 6.07. The van der Waals surface area contributed by atoms with Gasteiger partial charge in [-0.25, -0.2) is 0 Å². The molecule has 2 N–H and O–H groups in total. The van der Waals surface area contributed by atoms with E-state index in [1.54, 1.807) is 14.2 Å². The standard InChI is InChI=1S/C16H28N2O3/c1-5-21-16-7-6-15(17)10-14(16)11-18(8-9-19-3)13(2)12-20-4/h6-7,10,13H,5,8-9,11-12,17H2,1-4H3. The molecule has 120 valence electrons. The number of nitrogens with two attached hydrogens (primary N) is 1. The number of benzene rings is 1. The van der Waals surface area contributed by atoms with Gasteiger partial charge in [0.15, 0.2) is 0 Å². The summed E-state index contributed by atoms with van der Waals surface area (Å²) in [5.74, 6) is 0.888. The maximum atomic E-state index is 5.91.